The van der Waals surface area contributed by atoms with E-state index in [0.717, 1.165) is 31.4 Å². The number of nitrogens with zero attached hydrogens (tertiary/aromatic N) is 5. The molecular formula is C14H19N7OS. The van der Waals surface area contributed by atoms with Crippen molar-refractivity contribution in [3.63, 3.8) is 0 Å². The molecule has 0 bridgehead atoms. The normalized spacial score (nSPS) is 18.3. The van der Waals surface area contributed by atoms with E-state index in [0.29, 0.717) is 17.0 Å². The number of amides is 2. The van der Waals surface area contributed by atoms with Gasteiger partial charge in [-0.15, -0.1) is 16.4 Å². The zero-order valence-electron chi connectivity index (χ0n) is 12.9. The van der Waals surface area contributed by atoms with Gasteiger partial charge in [0.05, 0.1) is 17.8 Å². The standard InChI is InChI=1S/C14H19N7OS/c1-8(12-18-19-20-21(12)9-6-7-9)15-13(22)17-14-16-10-4-2-3-5-11(10)23-14/h8-9H,2-7H2,1H3,(H2,15,16,17,22)/t8-/m0/s1. The van der Waals surface area contributed by atoms with Crippen LogP contribution in [0.5, 0.6) is 0 Å². The molecule has 0 spiro atoms. The van der Waals surface area contributed by atoms with Crippen molar-refractivity contribution in [3.8, 4) is 0 Å². The van der Waals surface area contributed by atoms with Gasteiger partial charge < -0.3 is 5.32 Å². The Bertz CT molecular complexity index is 697. The first-order valence-corrected chi connectivity index (χ1v) is 8.86. The van der Waals surface area contributed by atoms with E-state index in [-0.39, 0.29) is 12.1 Å². The van der Waals surface area contributed by atoms with E-state index < -0.39 is 0 Å². The summed E-state index contributed by atoms with van der Waals surface area (Å²) in [6.45, 7) is 1.89. The fraction of sp³-hybridized carbons (Fsp3) is 0.643. The number of rotatable bonds is 4. The fourth-order valence-electron chi connectivity index (χ4n) is 2.86. The molecule has 1 atom stereocenters. The second kappa shape index (κ2) is 5.88. The molecule has 0 aromatic carbocycles. The molecular weight excluding hydrogens is 314 g/mol. The molecule has 2 aromatic rings. The molecule has 2 amide bonds. The van der Waals surface area contributed by atoms with Gasteiger partial charge in [-0.3, -0.25) is 5.32 Å². The van der Waals surface area contributed by atoms with Crippen LogP contribution in [-0.4, -0.2) is 31.2 Å². The zero-order chi connectivity index (χ0) is 15.8. The van der Waals surface area contributed by atoms with E-state index in [2.05, 4.69) is 31.1 Å². The Morgan fingerprint density at radius 3 is 2.96 bits per heavy atom. The van der Waals surface area contributed by atoms with E-state index in [1.807, 2.05) is 11.6 Å². The minimum atomic E-state index is -0.269. The Morgan fingerprint density at radius 2 is 2.17 bits per heavy atom. The van der Waals surface area contributed by atoms with E-state index in [1.54, 1.807) is 11.3 Å². The number of tetrazole rings is 1. The van der Waals surface area contributed by atoms with Gasteiger partial charge in [0.2, 0.25) is 0 Å². The van der Waals surface area contributed by atoms with Gasteiger partial charge in [-0.05, 0) is 55.9 Å². The number of carbonyl (C=O) groups is 1. The van der Waals surface area contributed by atoms with Crippen LogP contribution in [0.25, 0.3) is 0 Å². The monoisotopic (exact) mass is 333 g/mol. The van der Waals surface area contributed by atoms with Crippen molar-refractivity contribution in [1.82, 2.24) is 30.5 Å². The second-order valence-electron chi connectivity index (χ2n) is 6.13. The van der Waals surface area contributed by atoms with Crippen molar-refractivity contribution >= 4 is 22.5 Å². The predicted octanol–water partition coefficient (Wildman–Crippen LogP) is 2.23. The minimum absolute atomic E-state index is 0.250. The molecule has 4 rings (SSSR count). The molecule has 122 valence electrons. The van der Waals surface area contributed by atoms with E-state index in [4.69, 9.17) is 0 Å². The predicted molar refractivity (Wildman–Crippen MR) is 85.4 cm³/mol. The lowest BCUT2D eigenvalue weighted by molar-refractivity contribution is 0.248. The van der Waals surface area contributed by atoms with Crippen LogP contribution >= 0.6 is 11.3 Å². The summed E-state index contributed by atoms with van der Waals surface area (Å²) in [7, 11) is 0. The molecule has 0 aliphatic heterocycles. The Morgan fingerprint density at radius 1 is 1.35 bits per heavy atom. The van der Waals surface area contributed by atoms with E-state index in [9.17, 15) is 4.79 Å². The lowest BCUT2D eigenvalue weighted by atomic mass is 10.0. The number of fused-ring (bicyclic) bond motifs is 1. The van der Waals surface area contributed by atoms with Crippen molar-refractivity contribution in [2.24, 2.45) is 0 Å². The van der Waals surface area contributed by atoms with Crippen LogP contribution in [0.3, 0.4) is 0 Å². The van der Waals surface area contributed by atoms with Crippen molar-refractivity contribution in [1.29, 1.82) is 0 Å². The third-order valence-corrected chi connectivity index (χ3v) is 5.28. The highest BCUT2D eigenvalue weighted by atomic mass is 32.1. The van der Waals surface area contributed by atoms with Gasteiger partial charge in [0, 0.05) is 4.88 Å². The summed E-state index contributed by atoms with van der Waals surface area (Å²) in [5.74, 6) is 0.695. The lowest BCUT2D eigenvalue weighted by Gasteiger charge is -2.13. The maximum Gasteiger partial charge on any atom is 0.321 e. The number of nitrogens with one attached hydrogen (secondary N) is 2. The fourth-order valence-corrected chi connectivity index (χ4v) is 3.91. The van der Waals surface area contributed by atoms with Crippen molar-refractivity contribution < 1.29 is 4.79 Å². The van der Waals surface area contributed by atoms with Gasteiger partial charge in [-0.25, -0.2) is 14.5 Å². The SMILES string of the molecule is C[C@H](NC(=O)Nc1nc2c(s1)CCCC2)c1nnnn1C1CC1. The third kappa shape index (κ3) is 3.05. The Balaban J connectivity index is 1.39. The average Bonchev–Trinajstić information content (AvgIpc) is 3.10. The molecule has 8 nitrogen and oxygen atoms in total. The Labute approximate surface area is 137 Å². The lowest BCUT2D eigenvalue weighted by Crippen LogP contribution is -2.32. The van der Waals surface area contributed by atoms with Gasteiger partial charge in [-0.1, -0.05) is 0 Å². The smallest absolute Gasteiger partial charge is 0.321 e. The van der Waals surface area contributed by atoms with Crippen LogP contribution in [0.2, 0.25) is 0 Å². The van der Waals surface area contributed by atoms with Crippen LogP contribution in [-0.2, 0) is 12.8 Å². The van der Waals surface area contributed by atoms with Gasteiger partial charge in [0.1, 0.15) is 0 Å². The van der Waals surface area contributed by atoms with Crippen LogP contribution in [0.4, 0.5) is 9.93 Å². The largest absolute Gasteiger partial charge is 0.328 e. The topological polar surface area (TPSA) is 97.6 Å². The van der Waals surface area contributed by atoms with Crippen LogP contribution < -0.4 is 10.6 Å². The molecule has 2 aromatic heterocycles. The molecule has 2 aliphatic rings. The Kier molecular flexibility index (Phi) is 3.72. The Hall–Kier alpha value is -2.03. The summed E-state index contributed by atoms with van der Waals surface area (Å²) in [6.07, 6.45) is 6.68. The molecule has 0 saturated heterocycles. The molecule has 0 radical (unpaired) electrons. The number of aromatic nitrogens is 5. The third-order valence-electron chi connectivity index (χ3n) is 4.21. The van der Waals surface area contributed by atoms with Gasteiger partial charge in [-0.2, -0.15) is 0 Å². The molecule has 0 unspecified atom stereocenters. The molecule has 2 heterocycles. The van der Waals surface area contributed by atoms with E-state index >= 15 is 0 Å². The number of anilines is 1. The van der Waals surface area contributed by atoms with Crippen molar-refractivity contribution in [2.75, 3.05) is 5.32 Å². The number of carbonyl (C=O) groups excluding carboxylic acids is 1. The summed E-state index contributed by atoms with van der Waals surface area (Å²) in [5, 5.41) is 18.2. The minimum Gasteiger partial charge on any atom is -0.328 e. The molecule has 1 saturated carbocycles. The summed E-state index contributed by atoms with van der Waals surface area (Å²) in [4.78, 5) is 18.0. The first kappa shape index (κ1) is 14.6. The summed E-state index contributed by atoms with van der Waals surface area (Å²) in [5.41, 5.74) is 1.14. The van der Waals surface area contributed by atoms with Gasteiger partial charge in [0.15, 0.2) is 11.0 Å². The number of hydrogen-bond acceptors (Lipinski definition) is 6. The average molecular weight is 333 g/mol. The highest BCUT2D eigenvalue weighted by Crippen LogP contribution is 2.35. The number of hydrogen-bond donors (Lipinski definition) is 2. The molecule has 23 heavy (non-hydrogen) atoms. The molecule has 1 fully saturated rings. The van der Waals surface area contributed by atoms with Crippen molar-refractivity contribution in [3.05, 3.63) is 16.4 Å². The highest BCUT2D eigenvalue weighted by Gasteiger charge is 2.30. The second-order valence-corrected chi connectivity index (χ2v) is 7.21. The van der Waals surface area contributed by atoms with Crippen LogP contribution in [0, 0.1) is 0 Å². The number of urea groups is 1. The van der Waals surface area contributed by atoms with Crippen molar-refractivity contribution in [2.45, 2.75) is 57.5 Å². The van der Waals surface area contributed by atoms with Crippen LogP contribution in [0.15, 0.2) is 0 Å². The maximum atomic E-state index is 12.2. The highest BCUT2D eigenvalue weighted by molar-refractivity contribution is 7.15. The summed E-state index contributed by atoms with van der Waals surface area (Å²) < 4.78 is 1.81. The first-order chi connectivity index (χ1) is 11.2. The quantitative estimate of drug-likeness (QED) is 0.894. The maximum absolute atomic E-state index is 12.2. The van der Waals surface area contributed by atoms with Gasteiger partial charge >= 0.3 is 6.03 Å². The summed E-state index contributed by atoms with van der Waals surface area (Å²) >= 11 is 1.58. The summed E-state index contributed by atoms with van der Waals surface area (Å²) in [6, 6.07) is -0.132. The van der Waals surface area contributed by atoms with Crippen LogP contribution in [0.1, 0.15) is 61.1 Å². The number of aryl methyl sites for hydroxylation is 2. The van der Waals surface area contributed by atoms with Gasteiger partial charge in [0.25, 0.3) is 0 Å². The molecule has 9 heteroatoms. The zero-order valence-corrected chi connectivity index (χ0v) is 13.8. The molecule has 2 N–H and O–H groups in total. The molecule has 2 aliphatic carbocycles. The number of thiazole rings is 1. The van der Waals surface area contributed by atoms with E-state index in [1.165, 1.54) is 17.7 Å². The first-order valence-electron chi connectivity index (χ1n) is 8.04.